The minimum absolute atomic E-state index is 0.109. The first-order chi connectivity index (χ1) is 16.0. The lowest BCUT2D eigenvalue weighted by Gasteiger charge is -2.49. The number of para-hydroxylation sites is 2. The second-order valence-corrected chi connectivity index (χ2v) is 9.73. The molecule has 3 heterocycles. The molecule has 3 aromatic carbocycles. The van der Waals surface area contributed by atoms with Crippen LogP contribution in [-0.4, -0.2) is 22.7 Å². The zero-order valence-electron chi connectivity index (χ0n) is 19.4. The summed E-state index contributed by atoms with van der Waals surface area (Å²) in [6, 6.07) is 23.9. The molecule has 1 N–H and O–H groups in total. The second-order valence-electron chi connectivity index (χ2n) is 9.73. The SMILES string of the molecule is CCn1c2ccccc2c2cc(/C=C/C34NC(=O)CCN3c3ccccc3C4(C)C)ccc21. The quantitative estimate of drug-likeness (QED) is 0.439. The number of aryl methyl sites for hydroxylation is 1. The molecule has 1 atom stereocenters. The molecule has 0 saturated carbocycles. The highest BCUT2D eigenvalue weighted by Crippen LogP contribution is 2.52. The lowest BCUT2D eigenvalue weighted by Crippen LogP contribution is -2.68. The van der Waals surface area contributed by atoms with E-state index in [9.17, 15) is 4.79 Å². The molecule has 1 amide bonds. The van der Waals surface area contributed by atoms with Crippen LogP contribution in [0, 0.1) is 0 Å². The molecule has 0 aliphatic carbocycles. The molecular formula is C29H29N3O. The van der Waals surface area contributed by atoms with Gasteiger partial charge in [0, 0.05) is 52.4 Å². The zero-order valence-corrected chi connectivity index (χ0v) is 19.4. The monoisotopic (exact) mass is 435 g/mol. The third kappa shape index (κ3) is 2.67. The molecule has 1 saturated heterocycles. The lowest BCUT2D eigenvalue weighted by atomic mass is 9.74. The summed E-state index contributed by atoms with van der Waals surface area (Å²) in [6.45, 7) is 8.33. The van der Waals surface area contributed by atoms with E-state index in [1.54, 1.807) is 0 Å². The number of nitrogens with zero attached hydrogens (tertiary/aromatic N) is 2. The van der Waals surface area contributed by atoms with Crippen molar-refractivity contribution in [3.05, 3.63) is 83.9 Å². The van der Waals surface area contributed by atoms with Crippen LogP contribution in [0.3, 0.4) is 0 Å². The fourth-order valence-electron chi connectivity index (χ4n) is 6.05. The molecular weight excluding hydrogens is 406 g/mol. The van der Waals surface area contributed by atoms with E-state index in [0.717, 1.165) is 18.7 Å². The van der Waals surface area contributed by atoms with Gasteiger partial charge < -0.3 is 14.8 Å². The Bertz CT molecular complexity index is 1440. The van der Waals surface area contributed by atoms with Crippen molar-refractivity contribution in [1.82, 2.24) is 9.88 Å². The molecule has 0 radical (unpaired) electrons. The number of hydrogen-bond acceptors (Lipinski definition) is 2. The highest BCUT2D eigenvalue weighted by Gasteiger charge is 2.57. The van der Waals surface area contributed by atoms with Crippen LogP contribution in [-0.2, 0) is 16.8 Å². The Labute approximate surface area is 194 Å². The third-order valence-corrected chi connectivity index (χ3v) is 7.77. The van der Waals surface area contributed by atoms with Gasteiger partial charge >= 0.3 is 0 Å². The van der Waals surface area contributed by atoms with Crippen molar-refractivity contribution in [3.63, 3.8) is 0 Å². The molecule has 1 unspecified atom stereocenters. The number of carbonyl (C=O) groups is 1. The second kappa shape index (κ2) is 6.98. The summed E-state index contributed by atoms with van der Waals surface area (Å²) in [5.74, 6) is 0.109. The fraction of sp³-hybridized carbons (Fsp3) is 0.276. The molecule has 4 heteroatoms. The number of anilines is 1. The van der Waals surface area contributed by atoms with E-state index in [-0.39, 0.29) is 11.3 Å². The maximum absolute atomic E-state index is 12.6. The summed E-state index contributed by atoms with van der Waals surface area (Å²) in [4.78, 5) is 15.0. The summed E-state index contributed by atoms with van der Waals surface area (Å²) in [7, 11) is 0. The van der Waals surface area contributed by atoms with E-state index >= 15 is 0 Å². The van der Waals surface area contributed by atoms with Crippen molar-refractivity contribution >= 4 is 39.5 Å². The molecule has 0 bridgehead atoms. The van der Waals surface area contributed by atoms with E-state index in [1.165, 1.54) is 33.1 Å². The number of amides is 1. The Morgan fingerprint density at radius 3 is 2.58 bits per heavy atom. The highest BCUT2D eigenvalue weighted by molar-refractivity contribution is 6.08. The predicted octanol–water partition coefficient (Wildman–Crippen LogP) is 5.84. The molecule has 1 fully saturated rings. The van der Waals surface area contributed by atoms with Gasteiger partial charge in [0.2, 0.25) is 5.91 Å². The van der Waals surface area contributed by atoms with Gasteiger partial charge in [-0.25, -0.2) is 0 Å². The van der Waals surface area contributed by atoms with Gasteiger partial charge in [-0.15, -0.1) is 0 Å². The average molecular weight is 436 g/mol. The molecule has 2 aliphatic rings. The number of rotatable bonds is 3. The van der Waals surface area contributed by atoms with Gasteiger partial charge in [0.05, 0.1) is 0 Å². The maximum atomic E-state index is 12.6. The summed E-state index contributed by atoms with van der Waals surface area (Å²) >= 11 is 0. The van der Waals surface area contributed by atoms with Crippen molar-refractivity contribution in [2.24, 2.45) is 0 Å². The average Bonchev–Trinajstić information content (AvgIpc) is 3.25. The number of aromatic nitrogens is 1. The summed E-state index contributed by atoms with van der Waals surface area (Å²) in [6.07, 6.45) is 4.91. The van der Waals surface area contributed by atoms with Crippen LogP contribution in [0.5, 0.6) is 0 Å². The predicted molar refractivity (Wildman–Crippen MR) is 136 cm³/mol. The van der Waals surface area contributed by atoms with Gasteiger partial charge in [0.1, 0.15) is 5.66 Å². The molecule has 6 rings (SSSR count). The van der Waals surface area contributed by atoms with Crippen LogP contribution in [0.2, 0.25) is 0 Å². The normalized spacial score (nSPS) is 21.5. The standard InChI is InChI=1S/C29H29N3O/c1-4-31-24-11-7-5-9-21(24)22-19-20(13-14-25(22)31)15-17-29-28(2,3)23-10-6-8-12-26(23)32(29)18-16-27(33)30-29/h5-15,17,19H,4,16,18H2,1-3H3,(H,30,33)/b17-15+. The molecule has 166 valence electrons. The van der Waals surface area contributed by atoms with Gasteiger partial charge in [-0.2, -0.15) is 0 Å². The van der Waals surface area contributed by atoms with Gasteiger partial charge in [-0.1, -0.05) is 62.4 Å². The van der Waals surface area contributed by atoms with Crippen molar-refractivity contribution < 1.29 is 4.79 Å². The Balaban J connectivity index is 1.49. The Morgan fingerprint density at radius 2 is 1.73 bits per heavy atom. The van der Waals surface area contributed by atoms with Crippen molar-refractivity contribution in [1.29, 1.82) is 0 Å². The number of hydrogen-bond donors (Lipinski definition) is 1. The first-order valence-electron chi connectivity index (χ1n) is 11.8. The van der Waals surface area contributed by atoms with E-state index in [4.69, 9.17) is 0 Å². The number of benzene rings is 3. The molecule has 4 nitrogen and oxygen atoms in total. The minimum Gasteiger partial charge on any atom is -0.344 e. The fourth-order valence-corrected chi connectivity index (χ4v) is 6.05. The topological polar surface area (TPSA) is 37.3 Å². The Morgan fingerprint density at radius 1 is 0.970 bits per heavy atom. The van der Waals surface area contributed by atoms with Gasteiger partial charge in [-0.3, -0.25) is 4.79 Å². The Kier molecular flexibility index (Phi) is 4.25. The molecule has 2 aliphatic heterocycles. The van der Waals surface area contributed by atoms with Crippen molar-refractivity contribution in [3.8, 4) is 0 Å². The summed E-state index contributed by atoms with van der Waals surface area (Å²) < 4.78 is 2.37. The smallest absolute Gasteiger partial charge is 0.223 e. The van der Waals surface area contributed by atoms with Crippen LogP contribution in [0.1, 0.15) is 38.3 Å². The van der Waals surface area contributed by atoms with E-state index in [1.807, 2.05) is 0 Å². The minimum atomic E-state index is -0.585. The number of nitrogens with one attached hydrogen (secondary N) is 1. The van der Waals surface area contributed by atoms with Gasteiger partial charge in [-0.05, 0) is 48.4 Å². The summed E-state index contributed by atoms with van der Waals surface area (Å²) in [5.41, 5.74) is 5.31. The highest BCUT2D eigenvalue weighted by atomic mass is 16.2. The first-order valence-corrected chi connectivity index (χ1v) is 11.8. The van der Waals surface area contributed by atoms with E-state index < -0.39 is 5.66 Å². The molecule has 0 spiro atoms. The van der Waals surface area contributed by atoms with Crippen LogP contribution in [0.15, 0.2) is 72.8 Å². The maximum Gasteiger partial charge on any atom is 0.223 e. The van der Waals surface area contributed by atoms with Crippen LogP contribution in [0.4, 0.5) is 5.69 Å². The Hall–Kier alpha value is -3.53. The van der Waals surface area contributed by atoms with Crippen molar-refractivity contribution in [2.75, 3.05) is 11.4 Å². The van der Waals surface area contributed by atoms with E-state index in [2.05, 4.69) is 114 Å². The summed E-state index contributed by atoms with van der Waals surface area (Å²) in [5, 5.41) is 5.93. The largest absolute Gasteiger partial charge is 0.344 e. The van der Waals surface area contributed by atoms with Crippen LogP contribution >= 0.6 is 0 Å². The van der Waals surface area contributed by atoms with Gasteiger partial charge in [0.25, 0.3) is 0 Å². The van der Waals surface area contributed by atoms with Gasteiger partial charge in [0.15, 0.2) is 0 Å². The van der Waals surface area contributed by atoms with Crippen LogP contribution in [0.25, 0.3) is 27.9 Å². The van der Waals surface area contributed by atoms with Crippen LogP contribution < -0.4 is 10.2 Å². The lowest BCUT2D eigenvalue weighted by molar-refractivity contribution is -0.124. The molecule has 33 heavy (non-hydrogen) atoms. The third-order valence-electron chi connectivity index (χ3n) is 7.77. The molecule has 4 aromatic rings. The van der Waals surface area contributed by atoms with E-state index in [0.29, 0.717) is 6.42 Å². The zero-order chi connectivity index (χ0) is 22.8. The number of carbonyl (C=O) groups excluding carboxylic acids is 1. The first kappa shape index (κ1) is 20.1. The molecule has 1 aromatic heterocycles. The van der Waals surface area contributed by atoms with Crippen molar-refractivity contribution in [2.45, 2.75) is 44.8 Å². The number of fused-ring (bicyclic) bond motifs is 6.